The standard InChI is InChI=1S/C23H21NO3/c1-25-18-11-7-16(8-12-18)23(17-9-13-19(26-2)14-10-17)27-22-15-24-21-6-4-3-5-20(21)22/h3-15,23-24H,1-2H3. The number of hydrogen-bond acceptors (Lipinski definition) is 3. The zero-order valence-electron chi connectivity index (χ0n) is 15.3. The normalized spacial score (nSPS) is 10.9. The number of para-hydroxylation sites is 1. The van der Waals surface area contributed by atoms with Crippen LogP contribution in [0.15, 0.2) is 79.0 Å². The first kappa shape index (κ1) is 17.0. The third kappa shape index (κ3) is 3.47. The van der Waals surface area contributed by atoms with Crippen molar-refractivity contribution in [1.82, 2.24) is 4.98 Å². The molecule has 0 amide bonds. The van der Waals surface area contributed by atoms with E-state index in [2.05, 4.69) is 11.1 Å². The summed E-state index contributed by atoms with van der Waals surface area (Å²) in [5.41, 5.74) is 3.15. The molecule has 0 spiro atoms. The molecule has 0 bridgehead atoms. The molecule has 0 unspecified atom stereocenters. The Morgan fingerprint density at radius 3 is 1.81 bits per heavy atom. The van der Waals surface area contributed by atoms with E-state index in [0.717, 1.165) is 39.3 Å². The van der Waals surface area contributed by atoms with Gasteiger partial charge in [0.2, 0.25) is 0 Å². The Morgan fingerprint density at radius 1 is 0.704 bits per heavy atom. The highest BCUT2D eigenvalue weighted by atomic mass is 16.5. The lowest BCUT2D eigenvalue weighted by Crippen LogP contribution is -2.09. The molecule has 1 N–H and O–H groups in total. The van der Waals surface area contributed by atoms with Crippen LogP contribution in [0.5, 0.6) is 17.2 Å². The van der Waals surface area contributed by atoms with Crippen LogP contribution in [0.25, 0.3) is 10.9 Å². The van der Waals surface area contributed by atoms with Crippen molar-refractivity contribution in [3.8, 4) is 17.2 Å². The summed E-state index contributed by atoms with van der Waals surface area (Å²) < 4.78 is 17.0. The molecule has 1 aromatic heterocycles. The van der Waals surface area contributed by atoms with Crippen molar-refractivity contribution in [2.75, 3.05) is 14.2 Å². The second-order valence-electron chi connectivity index (χ2n) is 6.24. The summed E-state index contributed by atoms with van der Waals surface area (Å²) >= 11 is 0. The zero-order chi connectivity index (χ0) is 18.6. The molecule has 4 nitrogen and oxygen atoms in total. The zero-order valence-corrected chi connectivity index (χ0v) is 15.3. The van der Waals surface area contributed by atoms with Gasteiger partial charge in [0, 0.05) is 17.1 Å². The number of rotatable bonds is 6. The Bertz CT molecular complexity index is 972. The maximum Gasteiger partial charge on any atom is 0.149 e. The SMILES string of the molecule is COc1ccc(C(Oc2c[nH]c3ccccc23)c2ccc(OC)cc2)cc1. The van der Waals surface area contributed by atoms with Crippen LogP contribution in [0.3, 0.4) is 0 Å². The Balaban J connectivity index is 1.74. The van der Waals surface area contributed by atoms with Gasteiger partial charge in [0.15, 0.2) is 0 Å². The van der Waals surface area contributed by atoms with E-state index in [1.54, 1.807) is 14.2 Å². The highest BCUT2D eigenvalue weighted by Crippen LogP contribution is 2.34. The fourth-order valence-corrected chi connectivity index (χ4v) is 3.16. The van der Waals surface area contributed by atoms with Gasteiger partial charge < -0.3 is 19.2 Å². The van der Waals surface area contributed by atoms with Crippen LogP contribution in [0.4, 0.5) is 0 Å². The molecule has 136 valence electrons. The van der Waals surface area contributed by atoms with Gasteiger partial charge in [0.1, 0.15) is 23.4 Å². The molecule has 0 fully saturated rings. The minimum atomic E-state index is -0.249. The summed E-state index contributed by atoms with van der Waals surface area (Å²) in [5.74, 6) is 2.46. The Kier molecular flexibility index (Phi) is 4.71. The van der Waals surface area contributed by atoms with Crippen molar-refractivity contribution in [2.45, 2.75) is 6.10 Å². The molecule has 0 radical (unpaired) electrons. The van der Waals surface area contributed by atoms with Crippen molar-refractivity contribution in [1.29, 1.82) is 0 Å². The molecule has 0 saturated carbocycles. The van der Waals surface area contributed by atoms with Crippen LogP contribution in [-0.2, 0) is 0 Å². The van der Waals surface area contributed by atoms with Gasteiger partial charge in [-0.1, -0.05) is 36.4 Å². The molecule has 4 rings (SSSR count). The van der Waals surface area contributed by atoms with Gasteiger partial charge in [-0.15, -0.1) is 0 Å². The number of fused-ring (bicyclic) bond motifs is 1. The quantitative estimate of drug-likeness (QED) is 0.504. The second-order valence-corrected chi connectivity index (χ2v) is 6.24. The molecule has 1 heterocycles. The number of benzene rings is 3. The number of hydrogen-bond donors (Lipinski definition) is 1. The monoisotopic (exact) mass is 359 g/mol. The fourth-order valence-electron chi connectivity index (χ4n) is 3.16. The number of nitrogens with one attached hydrogen (secondary N) is 1. The van der Waals surface area contributed by atoms with Crippen LogP contribution in [0, 0.1) is 0 Å². The molecule has 0 atom stereocenters. The molecule has 0 aliphatic carbocycles. The Labute approximate surface area is 158 Å². The third-order valence-corrected chi connectivity index (χ3v) is 4.63. The van der Waals surface area contributed by atoms with Crippen LogP contribution >= 0.6 is 0 Å². The third-order valence-electron chi connectivity index (χ3n) is 4.63. The summed E-state index contributed by atoms with van der Waals surface area (Å²) in [7, 11) is 3.33. The van der Waals surface area contributed by atoms with E-state index in [1.165, 1.54) is 0 Å². The van der Waals surface area contributed by atoms with E-state index in [4.69, 9.17) is 14.2 Å². The number of aromatic nitrogens is 1. The summed E-state index contributed by atoms with van der Waals surface area (Å²) in [4.78, 5) is 3.27. The van der Waals surface area contributed by atoms with Crippen LogP contribution < -0.4 is 14.2 Å². The van der Waals surface area contributed by atoms with Gasteiger partial charge >= 0.3 is 0 Å². The average Bonchev–Trinajstić information content (AvgIpc) is 3.15. The molecule has 3 aromatic carbocycles. The fraction of sp³-hybridized carbons (Fsp3) is 0.130. The summed E-state index contributed by atoms with van der Waals surface area (Å²) in [6.07, 6.45) is 1.66. The number of methoxy groups -OCH3 is 2. The van der Waals surface area contributed by atoms with Gasteiger partial charge in [-0.05, 0) is 47.5 Å². The highest BCUT2D eigenvalue weighted by molar-refractivity contribution is 5.86. The van der Waals surface area contributed by atoms with E-state index >= 15 is 0 Å². The first-order valence-corrected chi connectivity index (χ1v) is 8.79. The Hall–Kier alpha value is -3.40. The molecule has 0 aliphatic rings. The molecular formula is C23H21NO3. The number of aromatic amines is 1. The van der Waals surface area contributed by atoms with E-state index in [0.29, 0.717) is 0 Å². The van der Waals surface area contributed by atoms with Crippen molar-refractivity contribution in [3.05, 3.63) is 90.1 Å². The summed E-state index contributed by atoms with van der Waals surface area (Å²) in [6.45, 7) is 0. The lowest BCUT2D eigenvalue weighted by Gasteiger charge is -2.20. The lowest BCUT2D eigenvalue weighted by molar-refractivity contribution is 0.250. The van der Waals surface area contributed by atoms with Crippen molar-refractivity contribution < 1.29 is 14.2 Å². The van der Waals surface area contributed by atoms with Gasteiger partial charge in [0.05, 0.1) is 14.2 Å². The molecule has 4 aromatic rings. The summed E-state index contributed by atoms with van der Waals surface area (Å²) in [6, 6.07) is 24.0. The van der Waals surface area contributed by atoms with E-state index in [9.17, 15) is 0 Å². The number of ether oxygens (including phenoxy) is 3. The van der Waals surface area contributed by atoms with Gasteiger partial charge in [-0.3, -0.25) is 0 Å². The molecule has 27 heavy (non-hydrogen) atoms. The second kappa shape index (κ2) is 7.46. The maximum atomic E-state index is 6.47. The van der Waals surface area contributed by atoms with Crippen molar-refractivity contribution in [3.63, 3.8) is 0 Å². The first-order chi connectivity index (χ1) is 13.3. The van der Waals surface area contributed by atoms with E-state index in [1.807, 2.05) is 72.9 Å². The van der Waals surface area contributed by atoms with Gasteiger partial charge in [-0.25, -0.2) is 0 Å². The molecule has 0 saturated heterocycles. The van der Waals surface area contributed by atoms with Crippen molar-refractivity contribution in [2.24, 2.45) is 0 Å². The van der Waals surface area contributed by atoms with Crippen LogP contribution in [-0.4, -0.2) is 19.2 Å². The minimum absolute atomic E-state index is 0.249. The number of H-pyrrole nitrogens is 1. The Morgan fingerprint density at radius 2 is 1.26 bits per heavy atom. The maximum absolute atomic E-state index is 6.47. The molecular weight excluding hydrogens is 338 g/mol. The van der Waals surface area contributed by atoms with E-state index in [-0.39, 0.29) is 6.10 Å². The highest BCUT2D eigenvalue weighted by Gasteiger charge is 2.18. The first-order valence-electron chi connectivity index (χ1n) is 8.79. The summed E-state index contributed by atoms with van der Waals surface area (Å²) in [5, 5.41) is 1.06. The lowest BCUT2D eigenvalue weighted by atomic mass is 10.0. The largest absolute Gasteiger partial charge is 0.497 e. The van der Waals surface area contributed by atoms with Gasteiger partial charge in [-0.2, -0.15) is 0 Å². The van der Waals surface area contributed by atoms with Crippen LogP contribution in [0.1, 0.15) is 17.2 Å². The molecule has 4 heteroatoms. The topological polar surface area (TPSA) is 43.5 Å². The minimum Gasteiger partial charge on any atom is -0.497 e. The smallest absolute Gasteiger partial charge is 0.149 e. The van der Waals surface area contributed by atoms with Gasteiger partial charge in [0.25, 0.3) is 0 Å². The molecule has 0 aliphatic heterocycles. The van der Waals surface area contributed by atoms with Crippen LogP contribution in [0.2, 0.25) is 0 Å². The average molecular weight is 359 g/mol. The van der Waals surface area contributed by atoms with E-state index < -0.39 is 0 Å². The predicted molar refractivity (Wildman–Crippen MR) is 107 cm³/mol. The van der Waals surface area contributed by atoms with Crippen molar-refractivity contribution >= 4 is 10.9 Å². The predicted octanol–water partition coefficient (Wildman–Crippen LogP) is 5.35.